The van der Waals surface area contributed by atoms with Gasteiger partial charge in [0.1, 0.15) is 11.5 Å². The van der Waals surface area contributed by atoms with E-state index in [4.69, 9.17) is 25.5 Å². The summed E-state index contributed by atoms with van der Waals surface area (Å²) in [7, 11) is 0. The average Bonchev–Trinajstić information content (AvgIpc) is 3.45. The maximum absolute atomic E-state index is 11.9. The van der Waals surface area contributed by atoms with Gasteiger partial charge in [0.2, 0.25) is 17.8 Å². The molecule has 13 heteroatoms. The summed E-state index contributed by atoms with van der Waals surface area (Å²) in [6.45, 7) is 6.51. The molecule has 1 fully saturated rings. The normalized spacial score (nSPS) is 13.4. The Bertz CT molecular complexity index is 1560. The maximum Gasteiger partial charge on any atom is 0.338 e. The Morgan fingerprint density at radius 2 is 1.88 bits per heavy atom. The lowest BCUT2D eigenvalue weighted by Gasteiger charge is -2.27. The van der Waals surface area contributed by atoms with Crippen LogP contribution in [0.2, 0.25) is 5.02 Å². The first-order valence-corrected chi connectivity index (χ1v) is 14.0. The predicted molar refractivity (Wildman–Crippen MR) is 161 cm³/mol. The lowest BCUT2D eigenvalue weighted by atomic mass is 10.1. The number of hydrogen-bond donors (Lipinski definition) is 2. The molecule has 3 heterocycles. The molecule has 41 heavy (non-hydrogen) atoms. The molecular weight excluding hydrogens is 614 g/mol. The van der Waals surface area contributed by atoms with Crippen molar-refractivity contribution in [2.24, 2.45) is 5.10 Å². The van der Waals surface area contributed by atoms with E-state index in [2.05, 4.69) is 46.7 Å². The Balaban J connectivity index is 1.32. The molecule has 1 saturated heterocycles. The summed E-state index contributed by atoms with van der Waals surface area (Å²) in [6, 6.07) is 14.4. The van der Waals surface area contributed by atoms with Crippen molar-refractivity contribution in [2.45, 2.75) is 13.8 Å². The van der Waals surface area contributed by atoms with E-state index in [9.17, 15) is 4.79 Å². The summed E-state index contributed by atoms with van der Waals surface area (Å²) >= 11 is 9.91. The number of hydrazone groups is 1. The fourth-order valence-electron chi connectivity index (χ4n) is 3.95. The number of aromatic nitrogens is 3. The van der Waals surface area contributed by atoms with Crippen LogP contribution < -0.4 is 15.6 Å². The number of benzene rings is 2. The van der Waals surface area contributed by atoms with Crippen LogP contribution in [0.1, 0.15) is 28.6 Å². The van der Waals surface area contributed by atoms with Gasteiger partial charge in [-0.1, -0.05) is 23.7 Å². The minimum Gasteiger partial charge on any atom is -0.462 e. The van der Waals surface area contributed by atoms with Crippen molar-refractivity contribution >= 4 is 63.2 Å². The molecule has 4 aromatic rings. The molecule has 1 aliphatic rings. The van der Waals surface area contributed by atoms with Crippen molar-refractivity contribution in [1.82, 2.24) is 15.0 Å². The first-order chi connectivity index (χ1) is 19.9. The van der Waals surface area contributed by atoms with Crippen LogP contribution in [0.4, 0.5) is 23.5 Å². The Morgan fingerprint density at radius 1 is 1.12 bits per heavy atom. The fourth-order valence-corrected chi connectivity index (χ4v) is 4.67. The zero-order valence-corrected chi connectivity index (χ0v) is 24.7. The van der Waals surface area contributed by atoms with Crippen LogP contribution in [0, 0.1) is 6.92 Å². The molecule has 0 radical (unpaired) electrons. The van der Waals surface area contributed by atoms with E-state index in [1.807, 2.05) is 30.0 Å². The minimum absolute atomic E-state index is 0.246. The van der Waals surface area contributed by atoms with Gasteiger partial charge in [0.25, 0.3) is 0 Å². The molecule has 11 nitrogen and oxygen atoms in total. The largest absolute Gasteiger partial charge is 0.462 e. The molecule has 0 bridgehead atoms. The van der Waals surface area contributed by atoms with Crippen molar-refractivity contribution in [2.75, 3.05) is 48.6 Å². The number of morpholine rings is 1. The van der Waals surface area contributed by atoms with Crippen LogP contribution >= 0.6 is 27.5 Å². The van der Waals surface area contributed by atoms with Crippen LogP contribution in [0.15, 0.2) is 62.5 Å². The number of ether oxygens (including phenoxy) is 2. The Labute approximate surface area is 250 Å². The van der Waals surface area contributed by atoms with Gasteiger partial charge in [0.05, 0.1) is 37.3 Å². The molecule has 2 N–H and O–H groups in total. The third kappa shape index (κ3) is 7.20. The highest BCUT2D eigenvalue weighted by Gasteiger charge is 2.17. The zero-order chi connectivity index (χ0) is 28.8. The van der Waals surface area contributed by atoms with Crippen LogP contribution in [0.5, 0.6) is 0 Å². The Kier molecular flexibility index (Phi) is 9.12. The number of hydrogen-bond acceptors (Lipinski definition) is 11. The molecule has 2 aromatic heterocycles. The number of furan rings is 1. The number of nitrogens with one attached hydrogen (secondary N) is 2. The summed E-state index contributed by atoms with van der Waals surface area (Å²) in [6.07, 6.45) is 1.53. The smallest absolute Gasteiger partial charge is 0.338 e. The Hall–Kier alpha value is -4.00. The van der Waals surface area contributed by atoms with Gasteiger partial charge in [0, 0.05) is 28.1 Å². The SMILES string of the molecule is CCOC(=O)c1ccc(-c2ccc(/C=N/Nc3nc(Nc4cc(Cl)c(C)cc4Br)nc(N4CCOCC4)n3)o2)cc1. The van der Waals surface area contributed by atoms with Gasteiger partial charge in [-0.05, 0) is 71.7 Å². The molecule has 0 atom stereocenters. The lowest BCUT2D eigenvalue weighted by molar-refractivity contribution is 0.0526. The number of anilines is 4. The van der Waals surface area contributed by atoms with Crippen molar-refractivity contribution in [3.63, 3.8) is 0 Å². The van der Waals surface area contributed by atoms with Gasteiger partial charge in [-0.25, -0.2) is 10.2 Å². The van der Waals surface area contributed by atoms with E-state index in [0.29, 0.717) is 72.6 Å². The van der Waals surface area contributed by atoms with Crippen LogP contribution in [-0.4, -0.2) is 60.0 Å². The van der Waals surface area contributed by atoms with Crippen molar-refractivity contribution < 1.29 is 18.7 Å². The second-order valence-corrected chi connectivity index (χ2v) is 10.2. The number of esters is 1. The van der Waals surface area contributed by atoms with Gasteiger partial charge in [-0.2, -0.15) is 20.1 Å². The van der Waals surface area contributed by atoms with E-state index < -0.39 is 0 Å². The number of halogens is 2. The van der Waals surface area contributed by atoms with E-state index in [1.165, 1.54) is 6.21 Å². The quantitative estimate of drug-likeness (QED) is 0.127. The number of carbonyl (C=O) groups is 1. The highest BCUT2D eigenvalue weighted by molar-refractivity contribution is 9.10. The first kappa shape index (κ1) is 28.5. The third-order valence-electron chi connectivity index (χ3n) is 6.08. The van der Waals surface area contributed by atoms with Gasteiger partial charge in [-0.3, -0.25) is 0 Å². The molecule has 1 aliphatic heterocycles. The Morgan fingerprint density at radius 3 is 2.63 bits per heavy atom. The summed E-state index contributed by atoms with van der Waals surface area (Å²) in [5.41, 5.74) is 5.83. The van der Waals surface area contributed by atoms with Crippen molar-refractivity contribution in [3.8, 4) is 11.3 Å². The van der Waals surface area contributed by atoms with Gasteiger partial charge in [0.15, 0.2) is 0 Å². The second-order valence-electron chi connectivity index (χ2n) is 8.96. The minimum atomic E-state index is -0.360. The average molecular weight is 641 g/mol. The summed E-state index contributed by atoms with van der Waals surface area (Å²) < 4.78 is 17.2. The molecule has 5 rings (SSSR count). The van der Waals surface area contributed by atoms with Gasteiger partial charge < -0.3 is 24.1 Å². The first-order valence-electron chi connectivity index (χ1n) is 12.9. The molecule has 0 amide bonds. The highest BCUT2D eigenvalue weighted by atomic mass is 79.9. The predicted octanol–water partition coefficient (Wildman–Crippen LogP) is 6.06. The molecule has 0 saturated carbocycles. The van der Waals surface area contributed by atoms with E-state index in [-0.39, 0.29) is 11.9 Å². The van der Waals surface area contributed by atoms with Crippen molar-refractivity contribution in [1.29, 1.82) is 0 Å². The molecule has 2 aromatic carbocycles. The highest BCUT2D eigenvalue weighted by Crippen LogP contribution is 2.31. The number of aryl methyl sites for hydroxylation is 1. The van der Waals surface area contributed by atoms with Gasteiger partial charge >= 0.3 is 5.97 Å². The molecular formula is C28H27BrClN7O4. The summed E-state index contributed by atoms with van der Waals surface area (Å²) in [5, 5.41) is 8.11. The molecule has 212 valence electrons. The van der Waals surface area contributed by atoms with Gasteiger partial charge in [-0.15, -0.1) is 0 Å². The maximum atomic E-state index is 11.9. The van der Waals surface area contributed by atoms with E-state index >= 15 is 0 Å². The van der Waals surface area contributed by atoms with Crippen LogP contribution in [0.3, 0.4) is 0 Å². The topological polar surface area (TPSA) is 127 Å². The van der Waals surface area contributed by atoms with Crippen molar-refractivity contribution in [3.05, 3.63) is 74.9 Å². The lowest BCUT2D eigenvalue weighted by Crippen LogP contribution is -2.37. The van der Waals surface area contributed by atoms with Crippen LogP contribution in [-0.2, 0) is 9.47 Å². The fraction of sp³-hybridized carbons (Fsp3) is 0.250. The number of carbonyl (C=O) groups excluding carboxylic acids is 1. The van der Waals surface area contributed by atoms with E-state index in [0.717, 1.165) is 15.6 Å². The molecule has 0 unspecified atom stereocenters. The summed E-state index contributed by atoms with van der Waals surface area (Å²) in [5.74, 6) is 1.85. The van der Waals surface area contributed by atoms with Crippen LogP contribution in [0.25, 0.3) is 11.3 Å². The third-order valence-corrected chi connectivity index (χ3v) is 7.14. The second kappa shape index (κ2) is 13.1. The zero-order valence-electron chi connectivity index (χ0n) is 22.4. The standard InChI is InChI=1S/C28H27BrClN7O4/c1-3-40-25(38)19-6-4-18(5-7-19)24-9-8-20(41-24)16-31-36-27-33-26(32-23-15-22(30)17(2)14-21(23)29)34-28(35-27)37-10-12-39-13-11-37/h4-9,14-16H,3,10-13H2,1-2H3,(H2,32,33,34,35,36)/b31-16+. The van der Waals surface area contributed by atoms with E-state index in [1.54, 1.807) is 37.3 Å². The molecule has 0 aliphatic carbocycles. The molecule has 0 spiro atoms. The number of nitrogens with zero attached hydrogens (tertiary/aromatic N) is 5. The monoisotopic (exact) mass is 639 g/mol. The summed E-state index contributed by atoms with van der Waals surface area (Å²) in [4.78, 5) is 27.6. The number of rotatable bonds is 9.